The number of alkyl halides is 6. The predicted molar refractivity (Wildman–Crippen MR) is 188 cm³/mol. The molecular formula is C38H44F6N4O5S. The van der Waals surface area contributed by atoms with Crippen molar-refractivity contribution in [3.63, 3.8) is 0 Å². The molecule has 2 aromatic heterocycles. The summed E-state index contributed by atoms with van der Waals surface area (Å²) in [5.74, 6) is -3.02. The van der Waals surface area contributed by atoms with Gasteiger partial charge in [0, 0.05) is 56.3 Å². The Hall–Kier alpha value is -4.39. The van der Waals surface area contributed by atoms with E-state index in [0.29, 0.717) is 35.8 Å². The SMILES string of the molecule is CCC[C@H]1N(C(=O)c2cnccc2C(F)(F)F)CCC[C@@]1(Oc1csc(C(F)(F)F)c1)C(=O)N(CC)CCC(C)(C#N)C1=C(CCC(=O)O)C(C)CC=C1. The number of likely N-dealkylation sites (tertiary alicyclic amines) is 1. The van der Waals surface area contributed by atoms with Crippen LogP contribution in [0.3, 0.4) is 0 Å². The topological polar surface area (TPSA) is 124 Å². The third-order valence-electron chi connectivity index (χ3n) is 10.3. The van der Waals surface area contributed by atoms with E-state index in [9.17, 15) is 46.3 Å². The molecule has 9 nitrogen and oxygen atoms in total. The van der Waals surface area contributed by atoms with E-state index in [4.69, 9.17) is 4.74 Å². The summed E-state index contributed by atoms with van der Waals surface area (Å²) < 4.78 is 89.7. The first-order chi connectivity index (χ1) is 25.3. The lowest BCUT2D eigenvalue weighted by Crippen LogP contribution is -2.68. The number of carboxylic acid groups (broad SMARTS) is 1. The van der Waals surface area contributed by atoms with Gasteiger partial charge in [-0.3, -0.25) is 19.4 Å². The standard InChI is InChI=1S/C38H44F6N4O5S/c1-5-9-30-36(53-25-20-31(54-22-25)38(42,43)44,15-8-18-48(30)33(51)27-21-46-17-14-29(27)37(39,40)41)34(52)47(6-2)19-16-35(4,23-45)28-11-7-10-24(3)26(28)12-13-32(49)50/h7,11,14,17,20-22,24,30H,5-6,8-10,12-13,15-16,18-19H2,1-4H3,(H,49,50)/t24?,30-,35?,36+/m1/s1. The number of carbonyl (C=O) groups excluding carboxylic acids is 2. The molecule has 1 N–H and O–H groups in total. The van der Waals surface area contributed by atoms with Crippen molar-refractivity contribution in [2.45, 2.75) is 103 Å². The van der Waals surface area contributed by atoms with E-state index >= 15 is 4.79 Å². The van der Waals surface area contributed by atoms with E-state index in [1.807, 2.05) is 19.1 Å². The van der Waals surface area contributed by atoms with Crippen LogP contribution < -0.4 is 4.74 Å². The number of carboxylic acids is 1. The van der Waals surface area contributed by atoms with E-state index in [2.05, 4.69) is 11.1 Å². The Morgan fingerprint density at radius 2 is 1.91 bits per heavy atom. The largest absolute Gasteiger partial charge is 0.481 e. The van der Waals surface area contributed by atoms with Crippen molar-refractivity contribution in [2.24, 2.45) is 11.3 Å². The molecule has 2 unspecified atom stereocenters. The van der Waals surface area contributed by atoms with E-state index in [1.54, 1.807) is 20.8 Å². The minimum atomic E-state index is -4.90. The average Bonchev–Trinajstić information content (AvgIpc) is 3.60. The Kier molecular flexibility index (Phi) is 13.3. The maximum Gasteiger partial charge on any atom is 0.425 e. The summed E-state index contributed by atoms with van der Waals surface area (Å²) in [7, 11) is 0. The average molecular weight is 783 g/mol. The molecule has 3 heterocycles. The van der Waals surface area contributed by atoms with E-state index in [-0.39, 0.29) is 69.8 Å². The molecule has 0 spiro atoms. The first-order valence-corrected chi connectivity index (χ1v) is 18.7. The fraction of sp³-hybridized carbons (Fsp3) is 0.553. The number of thiophene rings is 1. The number of nitrogens with zero attached hydrogens (tertiary/aromatic N) is 4. The summed E-state index contributed by atoms with van der Waals surface area (Å²) in [5.41, 5.74) is -3.66. The molecule has 294 valence electrons. The smallest absolute Gasteiger partial charge is 0.425 e. The summed E-state index contributed by atoms with van der Waals surface area (Å²) in [5, 5.41) is 21.0. The van der Waals surface area contributed by atoms with Crippen LogP contribution in [0.15, 0.2) is 53.2 Å². The first kappa shape index (κ1) is 42.4. The van der Waals surface area contributed by atoms with Gasteiger partial charge in [-0.15, -0.1) is 11.3 Å². The molecule has 4 atom stereocenters. The van der Waals surface area contributed by atoms with Gasteiger partial charge >= 0.3 is 18.3 Å². The van der Waals surface area contributed by atoms with Gasteiger partial charge in [0.15, 0.2) is 0 Å². The highest BCUT2D eigenvalue weighted by molar-refractivity contribution is 7.10. The van der Waals surface area contributed by atoms with Crippen LogP contribution >= 0.6 is 11.3 Å². The van der Waals surface area contributed by atoms with Gasteiger partial charge in [-0.2, -0.15) is 31.6 Å². The van der Waals surface area contributed by atoms with Gasteiger partial charge < -0.3 is 19.6 Å². The summed E-state index contributed by atoms with van der Waals surface area (Å²) in [6, 6.07) is 2.60. The summed E-state index contributed by atoms with van der Waals surface area (Å²) >= 11 is 0.358. The number of aromatic nitrogens is 1. The monoisotopic (exact) mass is 782 g/mol. The maximum absolute atomic E-state index is 15.0. The van der Waals surface area contributed by atoms with Crippen LogP contribution in [0.4, 0.5) is 26.3 Å². The number of pyridine rings is 1. The number of aliphatic carboxylic acids is 1. The number of halogens is 6. The minimum absolute atomic E-state index is 0.0250. The van der Waals surface area contributed by atoms with Crippen LogP contribution in [0, 0.1) is 22.7 Å². The summed E-state index contributed by atoms with van der Waals surface area (Å²) in [4.78, 5) is 45.9. The number of likely N-dealkylation sites (N-methyl/N-ethyl adjacent to an activating group) is 1. The van der Waals surface area contributed by atoms with Crippen LogP contribution in [0.2, 0.25) is 0 Å². The zero-order valence-electron chi connectivity index (χ0n) is 30.5. The number of nitriles is 1. The number of carbonyl (C=O) groups is 3. The molecule has 0 bridgehead atoms. The van der Waals surface area contributed by atoms with E-state index in [0.717, 1.165) is 34.3 Å². The Labute approximate surface area is 314 Å². The van der Waals surface area contributed by atoms with Crippen LogP contribution in [0.5, 0.6) is 5.75 Å². The lowest BCUT2D eigenvalue weighted by Gasteiger charge is -2.50. The van der Waals surface area contributed by atoms with Crippen molar-refractivity contribution in [3.8, 4) is 11.8 Å². The van der Waals surface area contributed by atoms with Crippen LogP contribution in [0.25, 0.3) is 0 Å². The van der Waals surface area contributed by atoms with Gasteiger partial charge in [0.2, 0.25) is 5.60 Å². The third kappa shape index (κ3) is 9.10. The molecule has 1 saturated heterocycles. The predicted octanol–water partition coefficient (Wildman–Crippen LogP) is 8.93. The number of hydrogen-bond acceptors (Lipinski definition) is 7. The first-order valence-electron chi connectivity index (χ1n) is 17.8. The van der Waals surface area contributed by atoms with Crippen molar-refractivity contribution in [3.05, 3.63) is 69.2 Å². The van der Waals surface area contributed by atoms with Gasteiger partial charge in [0.05, 0.1) is 28.7 Å². The van der Waals surface area contributed by atoms with Crippen molar-refractivity contribution in [1.29, 1.82) is 5.26 Å². The lowest BCUT2D eigenvalue weighted by atomic mass is 9.72. The van der Waals surface area contributed by atoms with Gasteiger partial charge in [-0.05, 0) is 63.5 Å². The van der Waals surface area contributed by atoms with Gasteiger partial charge in [-0.25, -0.2) is 0 Å². The van der Waals surface area contributed by atoms with Crippen LogP contribution in [-0.4, -0.2) is 69.0 Å². The molecule has 1 aliphatic heterocycles. The summed E-state index contributed by atoms with van der Waals surface area (Å²) in [6.45, 7) is 7.04. The summed E-state index contributed by atoms with van der Waals surface area (Å²) in [6.07, 6.45) is -2.91. The second-order valence-corrected chi connectivity index (χ2v) is 14.8. The third-order valence-corrected chi connectivity index (χ3v) is 11.2. The second kappa shape index (κ2) is 17.0. The fourth-order valence-electron chi connectivity index (χ4n) is 7.45. The zero-order valence-corrected chi connectivity index (χ0v) is 31.3. The molecule has 54 heavy (non-hydrogen) atoms. The molecule has 4 rings (SSSR count). The number of allylic oxidation sites excluding steroid dienone is 4. The van der Waals surface area contributed by atoms with Crippen molar-refractivity contribution in [2.75, 3.05) is 19.6 Å². The van der Waals surface area contributed by atoms with Crippen molar-refractivity contribution >= 4 is 29.1 Å². The Bertz CT molecular complexity index is 1800. The van der Waals surface area contributed by atoms with Gasteiger partial charge in [0.25, 0.3) is 11.8 Å². The highest BCUT2D eigenvalue weighted by Gasteiger charge is 2.56. The molecule has 1 aliphatic carbocycles. The van der Waals surface area contributed by atoms with Crippen molar-refractivity contribution in [1.82, 2.24) is 14.8 Å². The maximum atomic E-state index is 15.0. The highest BCUT2D eigenvalue weighted by atomic mass is 32.1. The quantitative estimate of drug-likeness (QED) is 0.190. The number of amides is 2. The molecular weight excluding hydrogens is 738 g/mol. The van der Waals surface area contributed by atoms with Crippen molar-refractivity contribution < 1.29 is 50.6 Å². The van der Waals surface area contributed by atoms with Gasteiger partial charge in [-0.1, -0.05) is 38.0 Å². The number of hydrogen-bond donors (Lipinski definition) is 1. The normalized spacial score (nSPS) is 21.7. The zero-order chi connectivity index (χ0) is 40.1. The Balaban J connectivity index is 1.79. The van der Waals surface area contributed by atoms with Crippen LogP contribution in [-0.2, 0) is 21.9 Å². The minimum Gasteiger partial charge on any atom is -0.481 e. The number of rotatable bonds is 14. The Morgan fingerprint density at radius 3 is 2.50 bits per heavy atom. The molecule has 2 amide bonds. The highest BCUT2D eigenvalue weighted by Crippen LogP contribution is 2.44. The molecule has 1 fully saturated rings. The fourth-order valence-corrected chi connectivity index (χ4v) is 8.13. The van der Waals surface area contributed by atoms with E-state index < -0.39 is 63.2 Å². The molecule has 2 aliphatic rings. The van der Waals surface area contributed by atoms with Crippen LogP contribution in [0.1, 0.15) is 99.9 Å². The Morgan fingerprint density at radius 1 is 1.19 bits per heavy atom. The molecule has 0 saturated carbocycles. The molecule has 0 radical (unpaired) electrons. The molecule has 16 heteroatoms. The lowest BCUT2D eigenvalue weighted by molar-refractivity contribution is -0.159. The second-order valence-electron chi connectivity index (χ2n) is 13.9. The van der Waals surface area contributed by atoms with E-state index in [1.165, 1.54) is 4.90 Å². The van der Waals surface area contributed by atoms with Gasteiger partial charge in [0.1, 0.15) is 10.6 Å². The molecule has 0 aromatic carbocycles. The molecule has 2 aromatic rings. The number of ether oxygens (including phenoxy) is 1. The number of piperidine rings is 1.